The number of methoxy groups -OCH3 is 1. The van der Waals surface area contributed by atoms with Crippen LogP contribution in [0.3, 0.4) is 0 Å². The van der Waals surface area contributed by atoms with Gasteiger partial charge in [-0.15, -0.1) is 0 Å². The zero-order valence-electron chi connectivity index (χ0n) is 7.14. The molecule has 6 heteroatoms. The van der Waals surface area contributed by atoms with Gasteiger partial charge in [-0.05, 0) is 12.1 Å². The predicted octanol–water partition coefficient (Wildman–Crippen LogP) is 0.797. The number of hydrogen-bond acceptors (Lipinski definition) is 6. The number of esters is 1. The Labute approximate surface area is 78.4 Å². The monoisotopic (exact) mass is 198 g/mol. The Morgan fingerprint density at radius 1 is 1.43 bits per heavy atom. The Balaban J connectivity index is 2.57. The minimum atomic E-state index is -0.728. The molecule has 1 aliphatic heterocycles. The van der Waals surface area contributed by atoms with E-state index in [0.717, 1.165) is 0 Å². The predicted molar refractivity (Wildman–Crippen MR) is 41.8 cm³/mol. The van der Waals surface area contributed by atoms with E-state index in [-0.39, 0.29) is 22.8 Å². The van der Waals surface area contributed by atoms with Crippen LogP contribution in [-0.2, 0) is 9.78 Å². The maximum absolute atomic E-state index is 11.2. The van der Waals surface area contributed by atoms with E-state index in [0.29, 0.717) is 0 Å². The third-order valence-electron chi connectivity index (χ3n) is 1.73. The first-order chi connectivity index (χ1) is 6.74. The zero-order chi connectivity index (χ0) is 10.1. The lowest BCUT2D eigenvalue weighted by Gasteiger charge is -2.03. The van der Waals surface area contributed by atoms with Crippen molar-refractivity contribution < 1.29 is 29.5 Å². The van der Waals surface area contributed by atoms with E-state index in [1.54, 1.807) is 0 Å². The molecule has 1 aromatic rings. The number of fused-ring (bicyclic) bond motifs is 1. The summed E-state index contributed by atoms with van der Waals surface area (Å²) >= 11 is 0. The number of aromatic hydroxyl groups is 1. The molecule has 1 heterocycles. The van der Waals surface area contributed by atoms with Gasteiger partial charge >= 0.3 is 5.97 Å². The van der Waals surface area contributed by atoms with Crippen LogP contribution in [0, 0.1) is 0 Å². The minimum absolute atomic E-state index is 0.0110. The Morgan fingerprint density at radius 2 is 2.21 bits per heavy atom. The third-order valence-corrected chi connectivity index (χ3v) is 1.73. The number of ether oxygens (including phenoxy) is 1. The van der Waals surface area contributed by atoms with Crippen LogP contribution in [0.5, 0.6) is 17.2 Å². The summed E-state index contributed by atoms with van der Waals surface area (Å²) in [4.78, 5) is 20.3. The highest BCUT2D eigenvalue weighted by atomic mass is 17.5. The van der Waals surface area contributed by atoms with E-state index in [1.807, 2.05) is 0 Å². The van der Waals surface area contributed by atoms with E-state index in [4.69, 9.17) is 0 Å². The molecule has 0 spiro atoms. The molecule has 1 aromatic carbocycles. The van der Waals surface area contributed by atoms with Crippen molar-refractivity contribution in [1.82, 2.24) is 0 Å². The number of carbonyl (C=O) groups is 1. The molecule has 0 unspecified atom stereocenters. The van der Waals surface area contributed by atoms with Crippen molar-refractivity contribution in [3.05, 3.63) is 17.7 Å². The number of hydrogen-bond donors (Lipinski definition) is 1. The molecule has 74 valence electrons. The highest BCUT2D eigenvalue weighted by Gasteiger charge is 2.28. The lowest BCUT2D eigenvalue weighted by Crippen LogP contribution is -2.03. The summed E-state index contributed by atoms with van der Waals surface area (Å²) in [6, 6.07) is 2.69. The van der Waals surface area contributed by atoms with Gasteiger partial charge in [-0.1, -0.05) is 0 Å². The molecule has 0 aromatic heterocycles. The van der Waals surface area contributed by atoms with Gasteiger partial charge in [0.05, 0.1) is 7.11 Å². The summed E-state index contributed by atoms with van der Waals surface area (Å²) in [7, 11) is 1.19. The Hall–Kier alpha value is -1.95. The molecule has 0 fully saturated rings. The van der Waals surface area contributed by atoms with Crippen molar-refractivity contribution in [2.45, 2.75) is 0 Å². The summed E-state index contributed by atoms with van der Waals surface area (Å²) < 4.78 is 4.45. The second-order valence-electron chi connectivity index (χ2n) is 2.51. The Morgan fingerprint density at radius 3 is 2.93 bits per heavy atom. The zero-order valence-corrected chi connectivity index (χ0v) is 7.14. The first-order valence-corrected chi connectivity index (χ1v) is 3.69. The normalized spacial score (nSPS) is 12.6. The van der Waals surface area contributed by atoms with Crippen molar-refractivity contribution in [3.8, 4) is 17.2 Å². The van der Waals surface area contributed by atoms with E-state index in [9.17, 15) is 9.90 Å². The average molecular weight is 198 g/mol. The molecular weight excluding hydrogens is 192 g/mol. The topological polar surface area (TPSA) is 74.2 Å². The fourth-order valence-electron chi connectivity index (χ4n) is 1.09. The number of benzene rings is 1. The van der Waals surface area contributed by atoms with E-state index in [2.05, 4.69) is 19.6 Å². The van der Waals surface area contributed by atoms with E-state index in [1.165, 1.54) is 19.2 Å². The highest BCUT2D eigenvalue weighted by molar-refractivity contribution is 5.96. The quantitative estimate of drug-likeness (QED) is 0.531. The van der Waals surface area contributed by atoms with Crippen LogP contribution in [0.15, 0.2) is 12.1 Å². The molecule has 1 aliphatic rings. The van der Waals surface area contributed by atoms with Gasteiger partial charge in [-0.2, -0.15) is 0 Å². The highest BCUT2D eigenvalue weighted by Crippen LogP contribution is 2.40. The SMILES string of the molecule is COC(=O)c1c(O)ccc2c1OOO2. The number of phenolic OH excluding ortho intramolecular Hbond substituents is 1. The van der Waals surface area contributed by atoms with Crippen LogP contribution in [0.1, 0.15) is 10.4 Å². The van der Waals surface area contributed by atoms with Gasteiger partial charge in [0.1, 0.15) is 5.75 Å². The van der Waals surface area contributed by atoms with Crippen LogP contribution in [0.2, 0.25) is 0 Å². The van der Waals surface area contributed by atoms with Crippen molar-refractivity contribution >= 4 is 5.97 Å². The third kappa shape index (κ3) is 1.12. The smallest absolute Gasteiger partial charge is 0.345 e. The second-order valence-corrected chi connectivity index (χ2v) is 2.51. The van der Waals surface area contributed by atoms with Gasteiger partial charge in [0.15, 0.2) is 5.56 Å². The molecule has 0 radical (unpaired) electrons. The van der Waals surface area contributed by atoms with Crippen LogP contribution in [0.4, 0.5) is 0 Å². The van der Waals surface area contributed by atoms with Crippen molar-refractivity contribution in [3.63, 3.8) is 0 Å². The van der Waals surface area contributed by atoms with E-state index < -0.39 is 5.97 Å². The van der Waals surface area contributed by atoms with Gasteiger partial charge in [-0.25, -0.2) is 4.79 Å². The molecular formula is C8H6O6. The van der Waals surface area contributed by atoms with E-state index >= 15 is 0 Å². The lowest BCUT2D eigenvalue weighted by molar-refractivity contribution is -0.384. The minimum Gasteiger partial charge on any atom is -0.507 e. The first kappa shape index (κ1) is 8.64. The summed E-state index contributed by atoms with van der Waals surface area (Å²) in [5.74, 6) is -0.766. The molecule has 0 aliphatic carbocycles. The maximum atomic E-state index is 11.2. The molecule has 6 nitrogen and oxygen atoms in total. The average Bonchev–Trinajstić information content (AvgIpc) is 2.64. The fraction of sp³-hybridized carbons (Fsp3) is 0.125. The summed E-state index contributed by atoms with van der Waals surface area (Å²) in [5, 5.41) is 13.6. The van der Waals surface area contributed by atoms with Crippen LogP contribution in [0.25, 0.3) is 0 Å². The summed E-state index contributed by atoms with van der Waals surface area (Å²) in [6.45, 7) is 0. The Bertz CT molecular complexity index is 386. The van der Waals surface area contributed by atoms with Gasteiger partial charge in [0, 0.05) is 5.04 Å². The fourth-order valence-corrected chi connectivity index (χ4v) is 1.09. The van der Waals surface area contributed by atoms with Crippen molar-refractivity contribution in [2.24, 2.45) is 0 Å². The number of rotatable bonds is 1. The van der Waals surface area contributed by atoms with Crippen LogP contribution >= 0.6 is 0 Å². The molecule has 0 bridgehead atoms. The number of carbonyl (C=O) groups excluding carboxylic acids is 1. The second kappa shape index (κ2) is 3.08. The lowest BCUT2D eigenvalue weighted by atomic mass is 10.1. The first-order valence-electron chi connectivity index (χ1n) is 3.69. The Kier molecular flexibility index (Phi) is 1.90. The molecule has 1 N–H and O–H groups in total. The van der Waals surface area contributed by atoms with Crippen LogP contribution < -0.4 is 9.78 Å². The molecule has 14 heavy (non-hydrogen) atoms. The molecule has 2 rings (SSSR count). The molecule has 0 amide bonds. The molecule has 0 atom stereocenters. The van der Waals surface area contributed by atoms with Crippen LogP contribution in [-0.4, -0.2) is 18.2 Å². The standard InChI is InChI=1S/C8H6O6/c1-11-8(10)6-4(9)2-3-5-7(6)13-14-12-5/h2-3,9H,1H3. The molecule has 0 saturated carbocycles. The summed E-state index contributed by atoms with van der Waals surface area (Å²) in [5.41, 5.74) is -0.123. The largest absolute Gasteiger partial charge is 0.507 e. The number of phenols is 1. The van der Waals surface area contributed by atoms with Gasteiger partial charge in [-0.3, -0.25) is 9.78 Å². The van der Waals surface area contributed by atoms with Crippen molar-refractivity contribution in [1.29, 1.82) is 0 Å². The maximum Gasteiger partial charge on any atom is 0.345 e. The van der Waals surface area contributed by atoms with Crippen molar-refractivity contribution in [2.75, 3.05) is 7.11 Å². The van der Waals surface area contributed by atoms with Gasteiger partial charge in [0.2, 0.25) is 11.5 Å². The van der Waals surface area contributed by atoms with Gasteiger partial charge < -0.3 is 9.84 Å². The summed E-state index contributed by atoms with van der Waals surface area (Å²) in [6.07, 6.45) is 0. The molecule has 0 saturated heterocycles. The van der Waals surface area contributed by atoms with Gasteiger partial charge in [0.25, 0.3) is 0 Å².